The summed E-state index contributed by atoms with van der Waals surface area (Å²) in [7, 11) is 3.25. The third-order valence-electron chi connectivity index (χ3n) is 3.92. The van der Waals surface area contributed by atoms with E-state index in [2.05, 4.69) is 5.32 Å². The van der Waals surface area contributed by atoms with Crippen LogP contribution in [-0.4, -0.2) is 20.1 Å². The number of amides is 1. The molecule has 1 amide bonds. The van der Waals surface area contributed by atoms with Gasteiger partial charge >= 0.3 is 0 Å². The first-order valence-corrected chi connectivity index (χ1v) is 7.23. The van der Waals surface area contributed by atoms with Gasteiger partial charge in [0.2, 0.25) is 5.91 Å². The highest BCUT2D eigenvalue weighted by Gasteiger charge is 2.20. The SMILES string of the molecule is COc1ccc(CNC(=O)C2CCCCC2)c(OC)c1. The third kappa shape index (κ3) is 3.65. The van der Waals surface area contributed by atoms with Crippen molar-refractivity contribution in [3.05, 3.63) is 23.8 Å². The van der Waals surface area contributed by atoms with E-state index >= 15 is 0 Å². The molecule has 1 N–H and O–H groups in total. The molecule has 1 aromatic carbocycles. The number of carbonyl (C=O) groups is 1. The Morgan fingerprint density at radius 1 is 1.20 bits per heavy atom. The molecular formula is C16H23NO3. The van der Waals surface area contributed by atoms with Crippen molar-refractivity contribution in [2.45, 2.75) is 38.6 Å². The van der Waals surface area contributed by atoms with Crippen LogP contribution in [0.3, 0.4) is 0 Å². The summed E-state index contributed by atoms with van der Waals surface area (Å²) in [6.45, 7) is 0.502. The standard InChI is InChI=1S/C16H23NO3/c1-19-14-9-8-13(15(10-14)20-2)11-17-16(18)12-6-4-3-5-7-12/h8-10,12H,3-7,11H2,1-2H3,(H,17,18). The van der Waals surface area contributed by atoms with E-state index in [0.29, 0.717) is 6.54 Å². The second-order valence-electron chi connectivity index (χ2n) is 5.23. The van der Waals surface area contributed by atoms with Gasteiger partial charge in [0.15, 0.2) is 0 Å². The van der Waals surface area contributed by atoms with Crippen LogP contribution in [0.2, 0.25) is 0 Å². The van der Waals surface area contributed by atoms with Gasteiger partial charge in [-0.2, -0.15) is 0 Å². The van der Waals surface area contributed by atoms with Crippen molar-refractivity contribution in [2.24, 2.45) is 5.92 Å². The monoisotopic (exact) mass is 277 g/mol. The molecule has 0 aliphatic heterocycles. The van der Waals surface area contributed by atoms with Crippen molar-refractivity contribution in [1.29, 1.82) is 0 Å². The number of methoxy groups -OCH3 is 2. The second kappa shape index (κ2) is 7.17. The van der Waals surface area contributed by atoms with E-state index in [1.165, 1.54) is 19.3 Å². The van der Waals surface area contributed by atoms with Crippen molar-refractivity contribution in [3.8, 4) is 11.5 Å². The molecule has 0 atom stereocenters. The Kier molecular flexibility index (Phi) is 5.27. The Morgan fingerprint density at radius 2 is 1.95 bits per heavy atom. The van der Waals surface area contributed by atoms with Gasteiger partial charge in [-0.25, -0.2) is 0 Å². The Balaban J connectivity index is 1.94. The number of rotatable bonds is 5. The summed E-state index contributed by atoms with van der Waals surface area (Å²) in [5.41, 5.74) is 0.970. The van der Waals surface area contributed by atoms with Crippen molar-refractivity contribution < 1.29 is 14.3 Å². The van der Waals surface area contributed by atoms with Crippen LogP contribution in [0, 0.1) is 5.92 Å². The number of nitrogens with one attached hydrogen (secondary N) is 1. The number of carbonyl (C=O) groups excluding carboxylic acids is 1. The number of hydrogen-bond acceptors (Lipinski definition) is 3. The predicted octanol–water partition coefficient (Wildman–Crippen LogP) is 2.90. The lowest BCUT2D eigenvalue weighted by molar-refractivity contribution is -0.126. The van der Waals surface area contributed by atoms with Crippen LogP contribution in [0.15, 0.2) is 18.2 Å². The van der Waals surface area contributed by atoms with Gasteiger partial charge in [0.1, 0.15) is 11.5 Å². The van der Waals surface area contributed by atoms with Crippen LogP contribution in [0.4, 0.5) is 0 Å². The Bertz CT molecular complexity index is 453. The van der Waals surface area contributed by atoms with Gasteiger partial charge in [-0.1, -0.05) is 19.3 Å². The minimum absolute atomic E-state index is 0.169. The topological polar surface area (TPSA) is 47.6 Å². The minimum atomic E-state index is 0.169. The molecule has 1 aromatic rings. The van der Waals surface area contributed by atoms with Crippen LogP contribution in [0.1, 0.15) is 37.7 Å². The molecule has 0 aromatic heterocycles. The zero-order valence-corrected chi connectivity index (χ0v) is 12.3. The number of ether oxygens (including phenoxy) is 2. The molecule has 20 heavy (non-hydrogen) atoms. The Morgan fingerprint density at radius 3 is 2.60 bits per heavy atom. The normalized spacial score (nSPS) is 15.7. The summed E-state index contributed by atoms with van der Waals surface area (Å²) in [6, 6.07) is 5.64. The zero-order chi connectivity index (χ0) is 14.4. The van der Waals surface area contributed by atoms with Crippen LogP contribution < -0.4 is 14.8 Å². The van der Waals surface area contributed by atoms with Gasteiger partial charge in [-0.05, 0) is 25.0 Å². The predicted molar refractivity (Wildman–Crippen MR) is 78.0 cm³/mol. The lowest BCUT2D eigenvalue weighted by Gasteiger charge is -2.21. The van der Waals surface area contributed by atoms with E-state index in [1.54, 1.807) is 14.2 Å². The van der Waals surface area contributed by atoms with E-state index in [1.807, 2.05) is 18.2 Å². The highest BCUT2D eigenvalue weighted by Crippen LogP contribution is 2.26. The first-order valence-electron chi connectivity index (χ1n) is 7.23. The van der Waals surface area contributed by atoms with Crippen LogP contribution in [0.25, 0.3) is 0 Å². The van der Waals surface area contributed by atoms with Crippen molar-refractivity contribution in [1.82, 2.24) is 5.32 Å². The van der Waals surface area contributed by atoms with Gasteiger partial charge < -0.3 is 14.8 Å². The Labute approximate surface area is 120 Å². The van der Waals surface area contributed by atoms with Crippen molar-refractivity contribution in [3.63, 3.8) is 0 Å². The number of hydrogen-bond donors (Lipinski definition) is 1. The maximum Gasteiger partial charge on any atom is 0.223 e. The fraction of sp³-hybridized carbons (Fsp3) is 0.562. The summed E-state index contributed by atoms with van der Waals surface area (Å²) >= 11 is 0. The fourth-order valence-corrected chi connectivity index (χ4v) is 2.69. The van der Waals surface area contributed by atoms with Crippen LogP contribution in [0.5, 0.6) is 11.5 Å². The van der Waals surface area contributed by atoms with Gasteiger partial charge in [-0.3, -0.25) is 4.79 Å². The molecule has 2 rings (SSSR count). The van der Waals surface area contributed by atoms with E-state index in [9.17, 15) is 4.79 Å². The summed E-state index contributed by atoms with van der Waals surface area (Å²) in [5, 5.41) is 3.02. The van der Waals surface area contributed by atoms with Crippen LogP contribution in [-0.2, 0) is 11.3 Å². The zero-order valence-electron chi connectivity index (χ0n) is 12.3. The summed E-state index contributed by atoms with van der Waals surface area (Å²) in [5.74, 6) is 1.85. The first kappa shape index (κ1) is 14.7. The van der Waals surface area contributed by atoms with Crippen LogP contribution >= 0.6 is 0 Å². The largest absolute Gasteiger partial charge is 0.497 e. The highest BCUT2D eigenvalue weighted by molar-refractivity contribution is 5.78. The van der Waals surface area contributed by atoms with E-state index in [-0.39, 0.29) is 11.8 Å². The lowest BCUT2D eigenvalue weighted by Crippen LogP contribution is -2.31. The van der Waals surface area contributed by atoms with Crippen molar-refractivity contribution in [2.75, 3.05) is 14.2 Å². The van der Waals surface area contributed by atoms with E-state index < -0.39 is 0 Å². The lowest BCUT2D eigenvalue weighted by atomic mass is 9.88. The fourth-order valence-electron chi connectivity index (χ4n) is 2.69. The molecule has 0 saturated heterocycles. The molecule has 1 aliphatic rings. The minimum Gasteiger partial charge on any atom is -0.497 e. The molecule has 4 nitrogen and oxygen atoms in total. The van der Waals surface area contributed by atoms with Crippen molar-refractivity contribution >= 4 is 5.91 Å². The maximum atomic E-state index is 12.1. The highest BCUT2D eigenvalue weighted by atomic mass is 16.5. The van der Waals surface area contributed by atoms with Gasteiger partial charge in [0, 0.05) is 24.1 Å². The van der Waals surface area contributed by atoms with Gasteiger partial charge in [0.25, 0.3) is 0 Å². The van der Waals surface area contributed by atoms with E-state index in [4.69, 9.17) is 9.47 Å². The molecule has 0 unspecified atom stereocenters. The van der Waals surface area contributed by atoms with E-state index in [0.717, 1.165) is 29.9 Å². The molecule has 0 heterocycles. The summed E-state index contributed by atoms with van der Waals surface area (Å²) in [6.07, 6.45) is 5.64. The molecule has 110 valence electrons. The number of benzene rings is 1. The second-order valence-corrected chi connectivity index (χ2v) is 5.23. The molecule has 4 heteroatoms. The van der Waals surface area contributed by atoms with Gasteiger partial charge in [-0.15, -0.1) is 0 Å². The van der Waals surface area contributed by atoms with Gasteiger partial charge in [0.05, 0.1) is 14.2 Å². The molecule has 1 aliphatic carbocycles. The molecule has 1 fully saturated rings. The molecule has 0 radical (unpaired) electrons. The molecule has 0 spiro atoms. The average Bonchev–Trinajstić information content (AvgIpc) is 2.53. The maximum absolute atomic E-state index is 12.1. The third-order valence-corrected chi connectivity index (χ3v) is 3.92. The smallest absolute Gasteiger partial charge is 0.223 e. The molecular weight excluding hydrogens is 254 g/mol. The average molecular weight is 277 g/mol. The Hall–Kier alpha value is -1.71. The molecule has 1 saturated carbocycles. The molecule has 0 bridgehead atoms. The summed E-state index contributed by atoms with van der Waals surface area (Å²) < 4.78 is 10.5. The first-order chi connectivity index (χ1) is 9.74. The summed E-state index contributed by atoms with van der Waals surface area (Å²) in [4.78, 5) is 12.1. The quantitative estimate of drug-likeness (QED) is 0.900.